The molecule has 0 unspecified atom stereocenters. The number of aryl methyl sites for hydroxylation is 1. The molecule has 2 aromatic heterocycles. The van der Waals surface area contributed by atoms with E-state index >= 15 is 0 Å². The normalized spacial score (nSPS) is 10.6. The zero-order valence-corrected chi connectivity index (χ0v) is 9.33. The zero-order chi connectivity index (χ0) is 11.7. The standard InChI is InChI=1S/C12H11N5/c1-9-4-2-3-5-10(9)16-12-11-6-13-8-17(11)15-7-14-12/h2-8H,1H3,(H,14,15,16). The van der Waals surface area contributed by atoms with Gasteiger partial charge in [-0.3, -0.25) is 0 Å². The number of anilines is 2. The van der Waals surface area contributed by atoms with Gasteiger partial charge in [0.2, 0.25) is 0 Å². The Bertz CT molecular complexity index is 659. The van der Waals surface area contributed by atoms with Crippen LogP contribution in [0.4, 0.5) is 11.5 Å². The van der Waals surface area contributed by atoms with E-state index in [-0.39, 0.29) is 0 Å². The number of hydrogen-bond acceptors (Lipinski definition) is 4. The molecule has 0 bridgehead atoms. The van der Waals surface area contributed by atoms with Crippen LogP contribution in [0.1, 0.15) is 5.56 Å². The second-order valence-electron chi connectivity index (χ2n) is 3.77. The SMILES string of the molecule is Cc1ccccc1Nc1ncnn2cncc12. The van der Waals surface area contributed by atoms with Gasteiger partial charge in [-0.15, -0.1) is 0 Å². The molecule has 0 spiro atoms. The summed E-state index contributed by atoms with van der Waals surface area (Å²) in [5.74, 6) is 0.756. The van der Waals surface area contributed by atoms with Crippen LogP contribution in [-0.2, 0) is 0 Å². The van der Waals surface area contributed by atoms with Gasteiger partial charge < -0.3 is 5.32 Å². The number of nitrogens with one attached hydrogen (secondary N) is 1. The monoisotopic (exact) mass is 225 g/mol. The minimum Gasteiger partial charge on any atom is -0.338 e. The van der Waals surface area contributed by atoms with Crippen molar-refractivity contribution in [3.63, 3.8) is 0 Å². The van der Waals surface area contributed by atoms with Gasteiger partial charge in [-0.25, -0.2) is 14.5 Å². The lowest BCUT2D eigenvalue weighted by molar-refractivity contribution is 0.895. The summed E-state index contributed by atoms with van der Waals surface area (Å²) in [6, 6.07) is 8.07. The average molecular weight is 225 g/mol. The van der Waals surface area contributed by atoms with Crippen LogP contribution >= 0.6 is 0 Å². The summed E-state index contributed by atoms with van der Waals surface area (Å²) in [6.07, 6.45) is 4.90. The number of benzene rings is 1. The Labute approximate surface area is 98.1 Å². The zero-order valence-electron chi connectivity index (χ0n) is 9.33. The summed E-state index contributed by atoms with van der Waals surface area (Å²) in [5, 5.41) is 7.36. The van der Waals surface area contributed by atoms with Gasteiger partial charge in [0.1, 0.15) is 18.2 Å². The summed E-state index contributed by atoms with van der Waals surface area (Å²) in [5.41, 5.74) is 3.06. The first-order valence-corrected chi connectivity index (χ1v) is 5.30. The molecule has 3 rings (SSSR count). The van der Waals surface area contributed by atoms with Crippen molar-refractivity contribution in [1.82, 2.24) is 19.6 Å². The summed E-state index contributed by atoms with van der Waals surface area (Å²) < 4.78 is 1.69. The highest BCUT2D eigenvalue weighted by Crippen LogP contribution is 2.20. The van der Waals surface area contributed by atoms with E-state index < -0.39 is 0 Å². The molecule has 1 N–H and O–H groups in total. The quantitative estimate of drug-likeness (QED) is 0.726. The molecule has 84 valence electrons. The Balaban J connectivity index is 2.06. The van der Waals surface area contributed by atoms with Gasteiger partial charge in [0.25, 0.3) is 0 Å². The van der Waals surface area contributed by atoms with Gasteiger partial charge in [0, 0.05) is 5.69 Å². The smallest absolute Gasteiger partial charge is 0.159 e. The first-order valence-electron chi connectivity index (χ1n) is 5.30. The Morgan fingerprint density at radius 3 is 3.00 bits per heavy atom. The van der Waals surface area contributed by atoms with Crippen LogP contribution in [0.5, 0.6) is 0 Å². The predicted molar refractivity (Wildman–Crippen MR) is 65.2 cm³/mol. The molecule has 5 heteroatoms. The van der Waals surface area contributed by atoms with Crippen LogP contribution in [-0.4, -0.2) is 19.6 Å². The van der Waals surface area contributed by atoms with Gasteiger partial charge >= 0.3 is 0 Å². The highest BCUT2D eigenvalue weighted by atomic mass is 15.3. The largest absolute Gasteiger partial charge is 0.338 e. The second kappa shape index (κ2) is 3.86. The van der Waals surface area contributed by atoms with Crippen molar-refractivity contribution < 1.29 is 0 Å². The van der Waals surface area contributed by atoms with Crippen LogP contribution in [0.3, 0.4) is 0 Å². The van der Waals surface area contributed by atoms with E-state index in [1.807, 2.05) is 18.2 Å². The number of aromatic nitrogens is 4. The first kappa shape index (κ1) is 9.77. The summed E-state index contributed by atoms with van der Waals surface area (Å²) in [4.78, 5) is 8.28. The average Bonchev–Trinajstić information content (AvgIpc) is 2.81. The maximum Gasteiger partial charge on any atom is 0.159 e. The second-order valence-corrected chi connectivity index (χ2v) is 3.77. The van der Waals surface area contributed by atoms with Gasteiger partial charge in [0.15, 0.2) is 5.82 Å². The molecule has 0 radical (unpaired) electrons. The summed E-state index contributed by atoms with van der Waals surface area (Å²) >= 11 is 0. The third-order valence-electron chi connectivity index (χ3n) is 2.62. The molecule has 17 heavy (non-hydrogen) atoms. The molecule has 0 amide bonds. The topological polar surface area (TPSA) is 55.1 Å². The maximum atomic E-state index is 4.23. The molecule has 0 fully saturated rings. The highest BCUT2D eigenvalue weighted by Gasteiger charge is 2.05. The Morgan fingerprint density at radius 1 is 1.24 bits per heavy atom. The Morgan fingerprint density at radius 2 is 2.12 bits per heavy atom. The van der Waals surface area contributed by atoms with E-state index in [1.165, 1.54) is 11.9 Å². The van der Waals surface area contributed by atoms with Crippen molar-refractivity contribution in [3.8, 4) is 0 Å². The van der Waals surface area contributed by atoms with Crippen molar-refractivity contribution in [3.05, 3.63) is 48.7 Å². The van der Waals surface area contributed by atoms with Crippen LogP contribution in [0.2, 0.25) is 0 Å². The molecule has 0 atom stereocenters. The van der Waals surface area contributed by atoms with E-state index in [0.717, 1.165) is 17.0 Å². The summed E-state index contributed by atoms with van der Waals surface area (Å²) in [7, 11) is 0. The molecule has 2 heterocycles. The van der Waals surface area contributed by atoms with Crippen LogP contribution in [0, 0.1) is 6.92 Å². The van der Waals surface area contributed by atoms with Gasteiger partial charge in [0.05, 0.1) is 6.20 Å². The number of rotatable bonds is 2. The molecular formula is C12H11N5. The van der Waals surface area contributed by atoms with Crippen LogP contribution < -0.4 is 5.32 Å². The third-order valence-corrected chi connectivity index (χ3v) is 2.62. The number of imidazole rings is 1. The number of nitrogens with zero attached hydrogens (tertiary/aromatic N) is 4. The van der Waals surface area contributed by atoms with Crippen molar-refractivity contribution in [1.29, 1.82) is 0 Å². The fourth-order valence-corrected chi connectivity index (χ4v) is 1.69. The molecule has 1 aromatic carbocycles. The van der Waals surface area contributed by atoms with Gasteiger partial charge in [-0.05, 0) is 18.6 Å². The fourth-order valence-electron chi connectivity index (χ4n) is 1.69. The molecule has 0 saturated carbocycles. The highest BCUT2D eigenvalue weighted by molar-refractivity contribution is 5.73. The Hall–Kier alpha value is -2.43. The number of hydrogen-bond donors (Lipinski definition) is 1. The number of para-hydroxylation sites is 1. The lowest BCUT2D eigenvalue weighted by atomic mass is 10.2. The summed E-state index contributed by atoms with van der Waals surface area (Å²) in [6.45, 7) is 2.05. The van der Waals surface area contributed by atoms with Crippen molar-refractivity contribution in [2.45, 2.75) is 6.92 Å². The van der Waals surface area contributed by atoms with Gasteiger partial charge in [-0.1, -0.05) is 18.2 Å². The van der Waals surface area contributed by atoms with Crippen molar-refractivity contribution in [2.24, 2.45) is 0 Å². The van der Waals surface area contributed by atoms with Gasteiger partial charge in [-0.2, -0.15) is 5.10 Å². The first-order chi connectivity index (χ1) is 8.34. The molecule has 5 nitrogen and oxygen atoms in total. The minimum absolute atomic E-state index is 0.756. The molecular weight excluding hydrogens is 214 g/mol. The predicted octanol–water partition coefficient (Wildman–Crippen LogP) is 2.18. The van der Waals surface area contributed by atoms with Crippen molar-refractivity contribution >= 4 is 17.0 Å². The third kappa shape index (κ3) is 1.71. The molecule has 0 aliphatic heterocycles. The van der Waals surface area contributed by atoms with E-state index in [1.54, 1.807) is 17.0 Å². The fraction of sp³-hybridized carbons (Fsp3) is 0.0833. The molecule has 3 aromatic rings. The number of fused-ring (bicyclic) bond motifs is 1. The Kier molecular flexibility index (Phi) is 2.22. The maximum absolute atomic E-state index is 4.23. The lowest BCUT2D eigenvalue weighted by Gasteiger charge is -2.08. The molecule has 0 aliphatic carbocycles. The van der Waals surface area contributed by atoms with E-state index in [9.17, 15) is 0 Å². The molecule has 0 saturated heterocycles. The van der Waals surface area contributed by atoms with E-state index in [4.69, 9.17) is 0 Å². The van der Waals surface area contributed by atoms with Crippen LogP contribution in [0.25, 0.3) is 5.52 Å². The van der Waals surface area contributed by atoms with E-state index in [0.29, 0.717) is 0 Å². The minimum atomic E-state index is 0.756. The lowest BCUT2D eigenvalue weighted by Crippen LogP contribution is -2.00. The molecule has 0 aliphatic rings. The van der Waals surface area contributed by atoms with Crippen molar-refractivity contribution in [2.75, 3.05) is 5.32 Å². The van der Waals surface area contributed by atoms with E-state index in [2.05, 4.69) is 33.4 Å². The van der Waals surface area contributed by atoms with Crippen LogP contribution in [0.15, 0.2) is 43.1 Å².